The zero-order valence-electron chi connectivity index (χ0n) is 18.6. The first-order chi connectivity index (χ1) is 16.2. The Morgan fingerprint density at radius 2 is 1.94 bits per heavy atom. The van der Waals surface area contributed by atoms with E-state index in [0.29, 0.717) is 30.3 Å². The fourth-order valence-electron chi connectivity index (χ4n) is 3.66. The summed E-state index contributed by atoms with van der Waals surface area (Å²) >= 11 is 0. The number of esters is 1. The summed E-state index contributed by atoms with van der Waals surface area (Å²) < 4.78 is 10.9. The third kappa shape index (κ3) is 5.09. The number of furan rings is 1. The molecule has 0 aliphatic carbocycles. The fourth-order valence-corrected chi connectivity index (χ4v) is 3.66. The van der Waals surface area contributed by atoms with E-state index in [9.17, 15) is 4.79 Å². The van der Waals surface area contributed by atoms with E-state index in [2.05, 4.69) is 31.6 Å². The van der Waals surface area contributed by atoms with Gasteiger partial charge in [0.25, 0.3) is 0 Å². The molecule has 0 bridgehead atoms. The first kappa shape index (κ1) is 22.2. The van der Waals surface area contributed by atoms with Crippen molar-refractivity contribution >= 4 is 29.0 Å². The van der Waals surface area contributed by atoms with Crippen molar-refractivity contribution in [3.63, 3.8) is 0 Å². The number of nitrogens with one attached hydrogen (secondary N) is 1. The van der Waals surface area contributed by atoms with Crippen LogP contribution in [0.15, 0.2) is 66.0 Å². The van der Waals surface area contributed by atoms with Gasteiger partial charge in [-0.05, 0) is 24.5 Å². The van der Waals surface area contributed by atoms with Crippen molar-refractivity contribution in [2.24, 2.45) is 0 Å². The molecule has 0 saturated carbocycles. The van der Waals surface area contributed by atoms with Crippen LogP contribution in [0.25, 0.3) is 39.8 Å². The standard InChI is InChI=1S/C26H26N4O3/c1-3-18-13-14-20(28-16-18)22-23-25(27-15-9-5-8-12-21(31)32-2)29-17-30-26(23)33-24(22)19-10-6-4-7-11-19/h3-4,6-7,10-11,13-14,16-17H,1,5,8-9,12,15H2,2H3,(H,27,29,30). The molecule has 1 N–H and O–H groups in total. The van der Waals surface area contributed by atoms with Crippen molar-refractivity contribution < 1.29 is 13.9 Å². The number of rotatable bonds is 10. The molecule has 3 aromatic heterocycles. The Bertz CT molecular complexity index is 1230. The molecule has 4 aromatic rings. The molecule has 33 heavy (non-hydrogen) atoms. The number of methoxy groups -OCH3 is 1. The highest BCUT2D eigenvalue weighted by Gasteiger charge is 2.22. The lowest BCUT2D eigenvalue weighted by Crippen LogP contribution is -2.05. The smallest absolute Gasteiger partial charge is 0.305 e. The van der Waals surface area contributed by atoms with Gasteiger partial charge in [0.2, 0.25) is 5.71 Å². The van der Waals surface area contributed by atoms with Crippen molar-refractivity contribution in [2.75, 3.05) is 19.0 Å². The van der Waals surface area contributed by atoms with E-state index in [-0.39, 0.29) is 5.97 Å². The SMILES string of the molecule is C=Cc1ccc(-c2c(-c3ccccc3)oc3ncnc(NCCCCCC(=O)OC)c23)nc1. The molecular formula is C26H26N4O3. The third-order valence-corrected chi connectivity index (χ3v) is 5.38. The second-order valence-electron chi connectivity index (χ2n) is 7.57. The maximum atomic E-state index is 11.3. The van der Waals surface area contributed by atoms with E-state index in [1.165, 1.54) is 13.4 Å². The number of pyridine rings is 1. The molecule has 0 aliphatic rings. The van der Waals surface area contributed by atoms with E-state index in [4.69, 9.17) is 4.42 Å². The second kappa shape index (κ2) is 10.5. The Kier molecular flexibility index (Phi) is 7.09. The van der Waals surface area contributed by atoms with Crippen LogP contribution in [0.5, 0.6) is 0 Å². The van der Waals surface area contributed by atoms with Crippen LogP contribution in [0.4, 0.5) is 5.82 Å². The summed E-state index contributed by atoms with van der Waals surface area (Å²) in [6.45, 7) is 4.52. The number of anilines is 1. The molecule has 0 saturated heterocycles. The van der Waals surface area contributed by atoms with Crippen LogP contribution in [0.2, 0.25) is 0 Å². The summed E-state index contributed by atoms with van der Waals surface area (Å²) in [5.74, 6) is 1.22. The molecule has 0 fully saturated rings. The van der Waals surface area contributed by atoms with E-state index in [0.717, 1.165) is 47.0 Å². The summed E-state index contributed by atoms with van der Waals surface area (Å²) in [7, 11) is 1.41. The average Bonchev–Trinajstić information content (AvgIpc) is 3.27. The highest BCUT2D eigenvalue weighted by atomic mass is 16.5. The van der Waals surface area contributed by atoms with Crippen LogP contribution in [-0.2, 0) is 9.53 Å². The predicted octanol–water partition coefficient (Wildman–Crippen LogP) is 5.74. The van der Waals surface area contributed by atoms with Crippen LogP contribution < -0.4 is 5.32 Å². The number of carbonyl (C=O) groups is 1. The highest BCUT2D eigenvalue weighted by molar-refractivity contribution is 6.05. The summed E-state index contributed by atoms with van der Waals surface area (Å²) in [6.07, 6.45) is 8.09. The normalized spacial score (nSPS) is 10.8. The minimum absolute atomic E-state index is 0.174. The van der Waals surface area contributed by atoms with Gasteiger partial charge in [-0.2, -0.15) is 0 Å². The maximum absolute atomic E-state index is 11.3. The van der Waals surface area contributed by atoms with Crippen LogP contribution in [0, 0.1) is 0 Å². The monoisotopic (exact) mass is 442 g/mol. The van der Waals surface area contributed by atoms with Gasteiger partial charge in [0, 0.05) is 24.7 Å². The van der Waals surface area contributed by atoms with Crippen LogP contribution in [0.1, 0.15) is 31.2 Å². The van der Waals surface area contributed by atoms with Gasteiger partial charge in [-0.25, -0.2) is 9.97 Å². The van der Waals surface area contributed by atoms with Gasteiger partial charge in [-0.1, -0.05) is 55.5 Å². The van der Waals surface area contributed by atoms with Crippen LogP contribution >= 0.6 is 0 Å². The van der Waals surface area contributed by atoms with Crippen molar-refractivity contribution in [1.29, 1.82) is 0 Å². The molecule has 4 rings (SSSR count). The first-order valence-corrected chi connectivity index (χ1v) is 10.9. The minimum Gasteiger partial charge on any atom is -0.469 e. The first-order valence-electron chi connectivity index (χ1n) is 10.9. The van der Waals surface area contributed by atoms with Gasteiger partial charge < -0.3 is 14.5 Å². The lowest BCUT2D eigenvalue weighted by molar-refractivity contribution is -0.140. The Labute approximate surface area is 192 Å². The molecular weight excluding hydrogens is 416 g/mol. The van der Waals surface area contributed by atoms with Crippen molar-refractivity contribution in [3.8, 4) is 22.6 Å². The zero-order valence-corrected chi connectivity index (χ0v) is 18.6. The number of fused-ring (bicyclic) bond motifs is 1. The molecule has 0 radical (unpaired) electrons. The van der Waals surface area contributed by atoms with Gasteiger partial charge in [-0.15, -0.1) is 0 Å². The molecule has 168 valence electrons. The number of carbonyl (C=O) groups excluding carboxylic acids is 1. The van der Waals surface area contributed by atoms with Crippen LogP contribution in [0.3, 0.4) is 0 Å². The number of hydrogen-bond donors (Lipinski definition) is 1. The molecule has 0 amide bonds. The molecule has 1 aromatic carbocycles. The molecule has 7 heteroatoms. The third-order valence-electron chi connectivity index (χ3n) is 5.38. The van der Waals surface area contributed by atoms with E-state index >= 15 is 0 Å². The van der Waals surface area contributed by atoms with E-state index in [1.807, 2.05) is 42.5 Å². The van der Waals surface area contributed by atoms with E-state index < -0.39 is 0 Å². The van der Waals surface area contributed by atoms with Gasteiger partial charge in [0.1, 0.15) is 17.9 Å². The molecule has 0 spiro atoms. The highest BCUT2D eigenvalue weighted by Crippen LogP contribution is 2.41. The Morgan fingerprint density at radius 3 is 2.67 bits per heavy atom. The van der Waals surface area contributed by atoms with Gasteiger partial charge in [0.15, 0.2) is 0 Å². The van der Waals surface area contributed by atoms with Gasteiger partial charge in [0.05, 0.1) is 23.8 Å². The van der Waals surface area contributed by atoms with Gasteiger partial charge >= 0.3 is 5.97 Å². The molecule has 0 aliphatic heterocycles. The summed E-state index contributed by atoms with van der Waals surface area (Å²) in [6, 6.07) is 13.8. The lowest BCUT2D eigenvalue weighted by Gasteiger charge is -2.08. The van der Waals surface area contributed by atoms with Gasteiger partial charge in [-0.3, -0.25) is 9.78 Å². The number of nitrogens with zero attached hydrogens (tertiary/aromatic N) is 3. The second-order valence-corrected chi connectivity index (χ2v) is 7.57. The number of ether oxygens (including phenoxy) is 1. The average molecular weight is 443 g/mol. The Balaban J connectivity index is 1.66. The summed E-state index contributed by atoms with van der Waals surface area (Å²) in [5, 5.41) is 4.21. The Morgan fingerprint density at radius 1 is 1.09 bits per heavy atom. The minimum atomic E-state index is -0.174. The molecule has 7 nitrogen and oxygen atoms in total. The molecule has 3 heterocycles. The molecule has 0 atom stereocenters. The number of hydrogen-bond acceptors (Lipinski definition) is 7. The van der Waals surface area contributed by atoms with E-state index in [1.54, 1.807) is 12.3 Å². The van der Waals surface area contributed by atoms with Crippen molar-refractivity contribution in [2.45, 2.75) is 25.7 Å². The summed E-state index contributed by atoms with van der Waals surface area (Å²) in [5.41, 5.74) is 4.00. The molecule has 0 unspecified atom stereocenters. The quantitative estimate of drug-likeness (QED) is 0.247. The van der Waals surface area contributed by atoms with Crippen LogP contribution in [-0.4, -0.2) is 34.6 Å². The van der Waals surface area contributed by atoms with Crippen molar-refractivity contribution in [1.82, 2.24) is 15.0 Å². The predicted molar refractivity (Wildman–Crippen MR) is 130 cm³/mol. The topological polar surface area (TPSA) is 90.1 Å². The maximum Gasteiger partial charge on any atom is 0.305 e. The lowest BCUT2D eigenvalue weighted by atomic mass is 10.0. The van der Waals surface area contributed by atoms with Crippen molar-refractivity contribution in [3.05, 3.63) is 67.1 Å². The zero-order chi connectivity index (χ0) is 23.0. The number of unbranched alkanes of at least 4 members (excludes halogenated alkanes) is 2. The number of benzene rings is 1. The fraction of sp³-hybridized carbons (Fsp3) is 0.231. The summed E-state index contributed by atoms with van der Waals surface area (Å²) in [4.78, 5) is 24.8. The largest absolute Gasteiger partial charge is 0.469 e. The number of aromatic nitrogens is 3. The Hall–Kier alpha value is -4.00.